The molecule has 2 aliphatic rings. The van der Waals surface area contributed by atoms with Gasteiger partial charge in [-0.1, -0.05) is 0 Å². The number of aryl methyl sites for hydroxylation is 1. The van der Waals surface area contributed by atoms with Crippen LogP contribution in [0.25, 0.3) is 0 Å². The van der Waals surface area contributed by atoms with Crippen LogP contribution in [0.15, 0.2) is 9.59 Å². The molecule has 1 aliphatic carbocycles. The van der Waals surface area contributed by atoms with Gasteiger partial charge in [-0.3, -0.25) is 9.78 Å². The predicted octanol–water partition coefficient (Wildman–Crippen LogP) is -0.209. The molecule has 1 aliphatic heterocycles. The summed E-state index contributed by atoms with van der Waals surface area (Å²) >= 11 is 0. The largest absolute Gasteiger partial charge is 0.325 e. The predicted molar refractivity (Wildman–Crippen MR) is 89.5 cm³/mol. The van der Waals surface area contributed by atoms with Crippen LogP contribution in [-0.4, -0.2) is 44.7 Å². The summed E-state index contributed by atoms with van der Waals surface area (Å²) < 4.78 is 25.3. The lowest BCUT2D eigenvalue weighted by molar-refractivity contribution is 0.477. The van der Waals surface area contributed by atoms with Crippen molar-refractivity contribution in [3.05, 3.63) is 43.7 Å². The zero-order valence-electron chi connectivity index (χ0n) is 13.8. The molecule has 2 fully saturated rings. The first-order chi connectivity index (χ1) is 11.8. The second-order valence-electron chi connectivity index (χ2n) is 6.85. The number of nitrogens with one attached hydrogen (secondary N) is 2. The van der Waals surface area contributed by atoms with Crippen LogP contribution >= 0.6 is 0 Å². The Bertz CT molecular complexity index is 1040. The Morgan fingerprint density at radius 2 is 1.96 bits per heavy atom. The zero-order chi connectivity index (χ0) is 17.8. The summed E-state index contributed by atoms with van der Waals surface area (Å²) in [6, 6.07) is -0.248. The molecular weight excluding hydrogens is 346 g/mol. The van der Waals surface area contributed by atoms with Crippen molar-refractivity contribution >= 4 is 9.84 Å². The van der Waals surface area contributed by atoms with E-state index in [0.717, 1.165) is 18.7 Å². The molecule has 2 aromatic heterocycles. The quantitative estimate of drug-likeness (QED) is 0.771. The molecule has 10 heteroatoms. The van der Waals surface area contributed by atoms with E-state index in [0.29, 0.717) is 29.4 Å². The fraction of sp³-hybridized carbons (Fsp3) is 0.600. The lowest BCUT2D eigenvalue weighted by Gasteiger charge is -2.12. The van der Waals surface area contributed by atoms with E-state index in [-0.39, 0.29) is 24.0 Å². The Balaban J connectivity index is 1.74. The molecule has 1 atom stereocenters. The molecular formula is C15H19N5O4S. The van der Waals surface area contributed by atoms with Crippen molar-refractivity contribution in [2.24, 2.45) is 0 Å². The molecule has 0 amide bonds. The van der Waals surface area contributed by atoms with Gasteiger partial charge in [0.15, 0.2) is 15.7 Å². The van der Waals surface area contributed by atoms with Gasteiger partial charge >= 0.3 is 5.69 Å². The van der Waals surface area contributed by atoms with Crippen LogP contribution in [0.3, 0.4) is 0 Å². The van der Waals surface area contributed by atoms with Crippen molar-refractivity contribution in [1.82, 2.24) is 24.7 Å². The fourth-order valence-electron chi connectivity index (χ4n) is 3.27. The van der Waals surface area contributed by atoms with E-state index in [1.54, 1.807) is 11.6 Å². The second kappa shape index (κ2) is 5.65. The van der Waals surface area contributed by atoms with Crippen LogP contribution in [0.2, 0.25) is 0 Å². The van der Waals surface area contributed by atoms with E-state index in [1.165, 1.54) is 0 Å². The minimum Gasteiger partial charge on any atom is -0.311 e. The van der Waals surface area contributed by atoms with Crippen molar-refractivity contribution in [3.63, 3.8) is 0 Å². The Morgan fingerprint density at radius 3 is 2.56 bits per heavy atom. The molecule has 9 nitrogen and oxygen atoms in total. The minimum absolute atomic E-state index is 0.0500. The third-order valence-corrected chi connectivity index (χ3v) is 6.56. The van der Waals surface area contributed by atoms with Gasteiger partial charge in [0.1, 0.15) is 5.82 Å². The number of rotatable bonds is 4. The Hall–Kier alpha value is -2.23. The molecule has 1 saturated heterocycles. The van der Waals surface area contributed by atoms with Gasteiger partial charge in [0.05, 0.1) is 17.5 Å². The third-order valence-electron chi connectivity index (χ3n) is 4.80. The zero-order valence-corrected chi connectivity index (χ0v) is 14.6. The first kappa shape index (κ1) is 16.2. The fourth-order valence-corrected chi connectivity index (χ4v) is 4.96. The van der Waals surface area contributed by atoms with Crippen molar-refractivity contribution in [2.75, 3.05) is 11.5 Å². The highest BCUT2D eigenvalue weighted by Gasteiger charge is 2.34. The molecule has 3 heterocycles. The van der Waals surface area contributed by atoms with Crippen LogP contribution in [0, 0.1) is 6.92 Å². The van der Waals surface area contributed by atoms with Gasteiger partial charge in [0.25, 0.3) is 5.56 Å². The van der Waals surface area contributed by atoms with Crippen molar-refractivity contribution < 1.29 is 8.42 Å². The lowest BCUT2D eigenvalue weighted by atomic mass is 10.1. The van der Waals surface area contributed by atoms with Crippen LogP contribution < -0.4 is 11.2 Å². The highest BCUT2D eigenvalue weighted by atomic mass is 32.2. The van der Waals surface area contributed by atoms with Gasteiger partial charge in [0, 0.05) is 23.6 Å². The molecule has 0 bridgehead atoms. The van der Waals surface area contributed by atoms with E-state index in [4.69, 9.17) is 0 Å². The summed E-state index contributed by atoms with van der Waals surface area (Å²) in [6.07, 6.45) is 2.77. The highest BCUT2D eigenvalue weighted by Crippen LogP contribution is 2.39. The van der Waals surface area contributed by atoms with Crippen molar-refractivity contribution in [1.29, 1.82) is 0 Å². The molecule has 1 unspecified atom stereocenters. The van der Waals surface area contributed by atoms with Crippen LogP contribution in [0.1, 0.15) is 54.1 Å². The second-order valence-corrected chi connectivity index (χ2v) is 9.08. The molecule has 2 N–H and O–H groups in total. The first-order valence-corrected chi connectivity index (χ1v) is 10.1. The molecule has 1 saturated carbocycles. The van der Waals surface area contributed by atoms with Gasteiger partial charge < -0.3 is 4.98 Å². The normalized spacial score (nSPS) is 22.4. The molecule has 134 valence electrons. The van der Waals surface area contributed by atoms with Crippen LogP contribution in [-0.2, 0) is 16.3 Å². The van der Waals surface area contributed by atoms with Gasteiger partial charge in [-0.15, -0.1) is 0 Å². The summed E-state index contributed by atoms with van der Waals surface area (Å²) in [5.74, 6) is 1.82. The Morgan fingerprint density at radius 1 is 1.20 bits per heavy atom. The summed E-state index contributed by atoms with van der Waals surface area (Å²) in [4.78, 5) is 32.9. The summed E-state index contributed by atoms with van der Waals surface area (Å²) in [5.41, 5.74) is -0.108. The summed E-state index contributed by atoms with van der Waals surface area (Å²) in [7, 11) is -3.05. The first-order valence-electron chi connectivity index (χ1n) is 8.30. The van der Waals surface area contributed by atoms with Gasteiger partial charge in [-0.2, -0.15) is 5.10 Å². The van der Waals surface area contributed by atoms with Crippen molar-refractivity contribution in [2.45, 2.75) is 44.6 Å². The van der Waals surface area contributed by atoms with E-state index >= 15 is 0 Å². The number of hydrogen-bond acceptors (Lipinski definition) is 6. The summed E-state index contributed by atoms with van der Waals surface area (Å²) in [6.45, 7) is 1.66. The van der Waals surface area contributed by atoms with Crippen molar-refractivity contribution in [3.8, 4) is 0 Å². The number of aromatic amines is 2. The number of nitrogens with zero attached hydrogens (tertiary/aromatic N) is 3. The van der Waals surface area contributed by atoms with Gasteiger partial charge in [-0.25, -0.2) is 22.9 Å². The maximum Gasteiger partial charge on any atom is 0.325 e. The topological polar surface area (TPSA) is 131 Å². The number of aromatic nitrogens is 5. The van der Waals surface area contributed by atoms with E-state index in [2.05, 4.69) is 20.1 Å². The molecule has 0 spiro atoms. The van der Waals surface area contributed by atoms with Gasteiger partial charge in [-0.05, 0) is 26.2 Å². The Kier molecular flexibility index (Phi) is 3.67. The van der Waals surface area contributed by atoms with E-state index < -0.39 is 21.1 Å². The van der Waals surface area contributed by atoms with Crippen LogP contribution in [0.4, 0.5) is 0 Å². The highest BCUT2D eigenvalue weighted by molar-refractivity contribution is 7.91. The van der Waals surface area contributed by atoms with E-state index in [1.807, 2.05) is 0 Å². The maximum atomic E-state index is 12.1. The third kappa shape index (κ3) is 3.17. The lowest BCUT2D eigenvalue weighted by Crippen LogP contribution is -2.28. The monoisotopic (exact) mass is 365 g/mol. The SMILES string of the molecule is Cc1[nH]c(=O)[nH]c(=O)c1Cc1nc(C2CC2)nn1C1CCS(=O)(=O)C1. The van der Waals surface area contributed by atoms with Crippen LogP contribution in [0.5, 0.6) is 0 Å². The maximum absolute atomic E-state index is 12.1. The number of hydrogen-bond donors (Lipinski definition) is 2. The molecule has 2 aromatic rings. The average molecular weight is 365 g/mol. The number of sulfone groups is 1. The standard InChI is InChI=1S/C15H19N5O4S/c1-8-11(14(21)18-15(22)16-8)6-12-17-13(9-2-3-9)19-20(12)10-4-5-25(23,24)7-10/h9-10H,2-7H2,1H3,(H2,16,18,21,22). The Labute approximate surface area is 143 Å². The average Bonchev–Trinajstić information content (AvgIpc) is 3.18. The molecule has 0 radical (unpaired) electrons. The molecule has 0 aromatic carbocycles. The van der Waals surface area contributed by atoms with Gasteiger partial charge in [0.2, 0.25) is 0 Å². The molecule has 25 heavy (non-hydrogen) atoms. The van der Waals surface area contributed by atoms with E-state index in [9.17, 15) is 18.0 Å². The number of H-pyrrole nitrogens is 2. The molecule has 4 rings (SSSR count). The summed E-state index contributed by atoms with van der Waals surface area (Å²) in [5, 5.41) is 4.55. The smallest absolute Gasteiger partial charge is 0.311 e. The minimum atomic E-state index is -3.05.